The monoisotopic (exact) mass is 239 g/mol. The molecule has 0 radical (unpaired) electrons. The van der Waals surface area contributed by atoms with Crippen molar-refractivity contribution in [1.82, 2.24) is 15.5 Å². The Hall–Kier alpha value is -1.33. The van der Waals surface area contributed by atoms with Crippen LogP contribution in [0.15, 0.2) is 22.8 Å². The largest absolute Gasteiger partial charge is 0.468 e. The smallest absolute Gasteiger partial charge is 0.221 e. The lowest BCUT2D eigenvalue weighted by atomic mass is 10.2. The first kappa shape index (κ1) is 13.7. The molecule has 17 heavy (non-hydrogen) atoms. The first-order valence-corrected chi connectivity index (χ1v) is 5.76. The van der Waals surface area contributed by atoms with Crippen LogP contribution in [0.1, 0.15) is 18.2 Å². The SMILES string of the molecule is CNCCC(=O)NCC(c1ccco1)N(C)C. The maximum atomic E-state index is 11.5. The van der Waals surface area contributed by atoms with Crippen molar-refractivity contribution in [2.45, 2.75) is 12.5 Å². The molecule has 5 nitrogen and oxygen atoms in total. The van der Waals surface area contributed by atoms with Crippen LogP contribution in [0.4, 0.5) is 0 Å². The van der Waals surface area contributed by atoms with Crippen LogP contribution in [0.2, 0.25) is 0 Å². The van der Waals surface area contributed by atoms with Crippen molar-refractivity contribution in [3.63, 3.8) is 0 Å². The topological polar surface area (TPSA) is 57.5 Å². The van der Waals surface area contributed by atoms with Gasteiger partial charge in [0.25, 0.3) is 0 Å². The number of nitrogens with one attached hydrogen (secondary N) is 2. The van der Waals surface area contributed by atoms with Crippen molar-refractivity contribution < 1.29 is 9.21 Å². The van der Waals surface area contributed by atoms with E-state index < -0.39 is 0 Å². The lowest BCUT2D eigenvalue weighted by Gasteiger charge is -2.22. The van der Waals surface area contributed by atoms with Gasteiger partial charge in [0.1, 0.15) is 5.76 Å². The molecular formula is C12H21N3O2. The summed E-state index contributed by atoms with van der Waals surface area (Å²) in [5, 5.41) is 5.85. The zero-order valence-corrected chi connectivity index (χ0v) is 10.7. The number of likely N-dealkylation sites (N-methyl/N-ethyl adjacent to an activating group) is 1. The van der Waals surface area contributed by atoms with Crippen LogP contribution in [-0.4, -0.2) is 45.0 Å². The summed E-state index contributed by atoms with van der Waals surface area (Å²) in [7, 11) is 5.76. The third-order valence-electron chi connectivity index (χ3n) is 2.59. The molecule has 1 aromatic heterocycles. The van der Waals surface area contributed by atoms with E-state index >= 15 is 0 Å². The highest BCUT2D eigenvalue weighted by Gasteiger charge is 2.17. The predicted molar refractivity (Wildman–Crippen MR) is 66.7 cm³/mol. The maximum absolute atomic E-state index is 11.5. The highest BCUT2D eigenvalue weighted by Crippen LogP contribution is 2.17. The molecule has 0 aliphatic heterocycles. The molecule has 0 saturated carbocycles. The zero-order valence-electron chi connectivity index (χ0n) is 10.7. The summed E-state index contributed by atoms with van der Waals surface area (Å²) in [6.07, 6.45) is 2.14. The maximum Gasteiger partial charge on any atom is 0.221 e. The lowest BCUT2D eigenvalue weighted by Crippen LogP contribution is -2.35. The number of carbonyl (C=O) groups is 1. The molecule has 0 aromatic carbocycles. The van der Waals surface area contributed by atoms with Gasteiger partial charge < -0.3 is 15.1 Å². The van der Waals surface area contributed by atoms with Crippen LogP contribution in [0.3, 0.4) is 0 Å². The fourth-order valence-corrected chi connectivity index (χ4v) is 1.56. The van der Waals surface area contributed by atoms with Crippen molar-refractivity contribution in [1.29, 1.82) is 0 Å². The van der Waals surface area contributed by atoms with Gasteiger partial charge in [-0.2, -0.15) is 0 Å². The van der Waals surface area contributed by atoms with Crippen LogP contribution >= 0.6 is 0 Å². The molecule has 0 spiro atoms. The van der Waals surface area contributed by atoms with Gasteiger partial charge in [0, 0.05) is 19.5 Å². The molecule has 1 amide bonds. The first-order chi connectivity index (χ1) is 8.15. The Labute approximate surface area is 102 Å². The minimum Gasteiger partial charge on any atom is -0.468 e. The predicted octanol–water partition coefficient (Wildman–Crippen LogP) is 0.608. The zero-order chi connectivity index (χ0) is 12.7. The molecule has 0 bridgehead atoms. The average Bonchev–Trinajstić information content (AvgIpc) is 2.79. The standard InChI is InChI=1S/C12H21N3O2/c1-13-7-6-12(16)14-9-10(15(2)3)11-5-4-8-17-11/h4-5,8,10,13H,6-7,9H2,1-3H3,(H,14,16). The van der Waals surface area contributed by atoms with Gasteiger partial charge in [-0.15, -0.1) is 0 Å². The summed E-state index contributed by atoms with van der Waals surface area (Å²) in [6.45, 7) is 1.25. The molecule has 0 fully saturated rings. The van der Waals surface area contributed by atoms with Gasteiger partial charge in [-0.1, -0.05) is 0 Å². The van der Waals surface area contributed by atoms with Crippen LogP contribution < -0.4 is 10.6 Å². The molecule has 0 aliphatic rings. The van der Waals surface area contributed by atoms with Crippen LogP contribution in [0.25, 0.3) is 0 Å². The summed E-state index contributed by atoms with van der Waals surface area (Å²) in [6, 6.07) is 3.85. The minimum atomic E-state index is 0.0535. The first-order valence-electron chi connectivity index (χ1n) is 5.76. The van der Waals surface area contributed by atoms with Gasteiger partial charge in [-0.3, -0.25) is 9.69 Å². The van der Waals surface area contributed by atoms with Crippen molar-refractivity contribution in [2.24, 2.45) is 0 Å². The third kappa shape index (κ3) is 4.58. The van der Waals surface area contributed by atoms with Crippen molar-refractivity contribution >= 4 is 5.91 Å². The van der Waals surface area contributed by atoms with E-state index in [1.54, 1.807) is 6.26 Å². The fourth-order valence-electron chi connectivity index (χ4n) is 1.56. The molecule has 1 heterocycles. The molecule has 0 aliphatic carbocycles. The number of amides is 1. The lowest BCUT2D eigenvalue weighted by molar-refractivity contribution is -0.121. The number of hydrogen-bond donors (Lipinski definition) is 2. The quantitative estimate of drug-likeness (QED) is 0.732. The van der Waals surface area contributed by atoms with E-state index in [9.17, 15) is 4.79 Å². The Morgan fingerprint density at radius 3 is 2.82 bits per heavy atom. The van der Waals surface area contributed by atoms with E-state index in [0.29, 0.717) is 19.5 Å². The Morgan fingerprint density at radius 1 is 1.53 bits per heavy atom. The Kier molecular flexibility index (Phi) is 5.72. The van der Waals surface area contributed by atoms with Crippen LogP contribution in [-0.2, 0) is 4.79 Å². The number of nitrogens with zero attached hydrogens (tertiary/aromatic N) is 1. The number of hydrogen-bond acceptors (Lipinski definition) is 4. The van der Waals surface area contributed by atoms with Gasteiger partial charge in [0.05, 0.1) is 12.3 Å². The molecule has 1 atom stereocenters. The minimum absolute atomic E-state index is 0.0535. The normalized spacial score (nSPS) is 12.7. The summed E-state index contributed by atoms with van der Waals surface area (Å²) < 4.78 is 5.37. The molecular weight excluding hydrogens is 218 g/mol. The summed E-state index contributed by atoms with van der Waals surface area (Å²) in [4.78, 5) is 13.5. The number of rotatable bonds is 7. The second-order valence-corrected chi connectivity index (χ2v) is 4.15. The van der Waals surface area contributed by atoms with Crippen molar-refractivity contribution in [3.8, 4) is 0 Å². The van der Waals surface area contributed by atoms with Crippen LogP contribution in [0, 0.1) is 0 Å². The number of furan rings is 1. The summed E-state index contributed by atoms with van der Waals surface area (Å²) >= 11 is 0. The van der Waals surface area contributed by atoms with E-state index in [-0.39, 0.29) is 11.9 Å². The molecule has 1 unspecified atom stereocenters. The van der Waals surface area contributed by atoms with Gasteiger partial charge in [0.15, 0.2) is 0 Å². The van der Waals surface area contributed by atoms with E-state index in [0.717, 1.165) is 5.76 Å². The summed E-state index contributed by atoms with van der Waals surface area (Å²) in [5.41, 5.74) is 0. The molecule has 1 aromatic rings. The number of carbonyl (C=O) groups excluding carboxylic acids is 1. The van der Waals surface area contributed by atoms with Gasteiger partial charge in [-0.25, -0.2) is 0 Å². The second kappa shape index (κ2) is 7.09. The van der Waals surface area contributed by atoms with Crippen molar-refractivity contribution in [2.75, 3.05) is 34.2 Å². The van der Waals surface area contributed by atoms with Gasteiger partial charge >= 0.3 is 0 Å². The van der Waals surface area contributed by atoms with Crippen LogP contribution in [0.5, 0.6) is 0 Å². The van der Waals surface area contributed by atoms with E-state index in [1.807, 2.05) is 38.2 Å². The molecule has 1 rings (SSSR count). The van der Waals surface area contributed by atoms with Gasteiger partial charge in [0.2, 0.25) is 5.91 Å². The molecule has 0 saturated heterocycles. The Bertz CT molecular complexity index is 323. The third-order valence-corrected chi connectivity index (χ3v) is 2.59. The fraction of sp³-hybridized carbons (Fsp3) is 0.583. The van der Waals surface area contributed by atoms with Crippen molar-refractivity contribution in [3.05, 3.63) is 24.2 Å². The Balaban J connectivity index is 2.43. The highest BCUT2D eigenvalue weighted by molar-refractivity contribution is 5.76. The second-order valence-electron chi connectivity index (χ2n) is 4.15. The highest BCUT2D eigenvalue weighted by atomic mass is 16.3. The molecule has 96 valence electrons. The van der Waals surface area contributed by atoms with E-state index in [4.69, 9.17) is 4.42 Å². The Morgan fingerprint density at radius 2 is 2.29 bits per heavy atom. The van der Waals surface area contributed by atoms with E-state index in [1.165, 1.54) is 0 Å². The van der Waals surface area contributed by atoms with E-state index in [2.05, 4.69) is 10.6 Å². The summed E-state index contributed by atoms with van der Waals surface area (Å²) in [5.74, 6) is 0.918. The molecule has 5 heteroatoms. The van der Waals surface area contributed by atoms with Gasteiger partial charge in [-0.05, 0) is 33.3 Å². The molecule has 2 N–H and O–H groups in total. The average molecular weight is 239 g/mol.